The molecule has 5 nitrogen and oxygen atoms in total. The summed E-state index contributed by atoms with van der Waals surface area (Å²) in [4.78, 5) is 8.79. The van der Waals surface area contributed by atoms with Gasteiger partial charge in [0.15, 0.2) is 0 Å². The highest BCUT2D eigenvalue weighted by Crippen LogP contribution is 2.46. The number of benzene rings is 1. The molecular weight excluding hydrogens is 278 g/mol. The van der Waals surface area contributed by atoms with Gasteiger partial charge in [-0.1, -0.05) is 30.3 Å². The van der Waals surface area contributed by atoms with E-state index in [1.54, 1.807) is 6.20 Å². The molecule has 3 aromatic rings. The fraction of sp³-hybridized carbons (Fsp3) is 0.235. The molecule has 0 N–H and O–H groups in total. The van der Waals surface area contributed by atoms with Crippen LogP contribution in [0.15, 0.2) is 53.2 Å². The van der Waals surface area contributed by atoms with E-state index in [4.69, 9.17) is 9.26 Å². The molecule has 0 aliphatic heterocycles. The minimum absolute atomic E-state index is 0.399. The average molecular weight is 293 g/mol. The molecule has 1 aliphatic carbocycles. The lowest BCUT2D eigenvalue weighted by Crippen LogP contribution is -1.92. The fourth-order valence-electron chi connectivity index (χ4n) is 2.40. The van der Waals surface area contributed by atoms with Crippen molar-refractivity contribution in [2.24, 2.45) is 5.92 Å². The van der Waals surface area contributed by atoms with E-state index >= 15 is 0 Å². The Morgan fingerprint density at radius 2 is 1.95 bits per heavy atom. The smallest absolute Gasteiger partial charge is 0.230 e. The molecule has 1 aromatic carbocycles. The summed E-state index contributed by atoms with van der Waals surface area (Å²) in [6.07, 6.45) is 2.80. The lowest BCUT2D eigenvalue weighted by Gasteiger charge is -2.06. The lowest BCUT2D eigenvalue weighted by atomic mass is 10.2. The summed E-state index contributed by atoms with van der Waals surface area (Å²) < 4.78 is 11.2. The number of para-hydroxylation sites is 1. The predicted molar refractivity (Wildman–Crippen MR) is 80.6 cm³/mol. The Hall–Kier alpha value is -2.69. The Labute approximate surface area is 128 Å². The summed E-state index contributed by atoms with van der Waals surface area (Å²) in [6.45, 7) is 2.18. The van der Waals surface area contributed by atoms with Gasteiger partial charge in [-0.05, 0) is 36.6 Å². The van der Waals surface area contributed by atoms with Crippen molar-refractivity contribution in [2.45, 2.75) is 19.3 Å². The van der Waals surface area contributed by atoms with E-state index in [0.717, 1.165) is 17.7 Å². The highest BCUT2D eigenvalue weighted by Gasteiger charge is 2.39. The van der Waals surface area contributed by atoms with Crippen LogP contribution in [0.3, 0.4) is 0 Å². The van der Waals surface area contributed by atoms with Crippen LogP contribution in [0.25, 0.3) is 11.4 Å². The van der Waals surface area contributed by atoms with Crippen LogP contribution >= 0.6 is 0 Å². The molecule has 0 bridgehead atoms. The van der Waals surface area contributed by atoms with E-state index in [9.17, 15) is 0 Å². The summed E-state index contributed by atoms with van der Waals surface area (Å²) in [5, 5.41) is 4.08. The molecule has 0 saturated heterocycles. The van der Waals surface area contributed by atoms with Crippen LogP contribution in [0.2, 0.25) is 0 Å². The molecule has 2 aromatic heterocycles. The van der Waals surface area contributed by atoms with Crippen molar-refractivity contribution in [1.82, 2.24) is 15.1 Å². The Bertz CT molecular complexity index is 785. The van der Waals surface area contributed by atoms with Crippen molar-refractivity contribution in [3.63, 3.8) is 0 Å². The maximum atomic E-state index is 5.84. The highest BCUT2D eigenvalue weighted by atomic mass is 16.5. The maximum absolute atomic E-state index is 5.84. The molecule has 1 fully saturated rings. The third-order valence-corrected chi connectivity index (χ3v) is 3.84. The second-order valence-electron chi connectivity index (χ2n) is 5.55. The van der Waals surface area contributed by atoms with E-state index in [0.29, 0.717) is 29.4 Å². The highest BCUT2D eigenvalue weighted by molar-refractivity contribution is 5.61. The molecule has 0 amide bonds. The zero-order chi connectivity index (χ0) is 14.9. The van der Waals surface area contributed by atoms with Crippen LogP contribution in [-0.2, 0) is 0 Å². The van der Waals surface area contributed by atoms with Crippen LogP contribution in [0.5, 0.6) is 11.6 Å². The van der Waals surface area contributed by atoms with Crippen molar-refractivity contribution in [2.75, 3.05) is 0 Å². The van der Waals surface area contributed by atoms with E-state index in [1.165, 1.54) is 0 Å². The standard InChI is InChI=1S/C17H15N3O2/c1-11-10-14(11)17-19-15(20-22-17)13-8-5-9-18-16(13)21-12-6-3-2-4-7-12/h2-9,11,14H,10H2,1H3/t11-,14+/m1/s1. The Kier molecular flexibility index (Phi) is 3.11. The second kappa shape index (κ2) is 5.26. The summed E-state index contributed by atoms with van der Waals surface area (Å²) in [5.41, 5.74) is 0.731. The molecule has 2 heterocycles. The van der Waals surface area contributed by atoms with Gasteiger partial charge in [0, 0.05) is 12.1 Å². The summed E-state index contributed by atoms with van der Waals surface area (Å²) >= 11 is 0. The molecule has 2 atom stereocenters. The normalized spacial score (nSPS) is 19.9. The quantitative estimate of drug-likeness (QED) is 0.726. The first-order valence-corrected chi connectivity index (χ1v) is 7.33. The van der Waals surface area contributed by atoms with Crippen molar-refractivity contribution < 1.29 is 9.26 Å². The van der Waals surface area contributed by atoms with Gasteiger partial charge >= 0.3 is 0 Å². The molecule has 5 heteroatoms. The molecule has 4 rings (SSSR count). The van der Waals surface area contributed by atoms with Crippen molar-refractivity contribution in [3.8, 4) is 23.0 Å². The van der Waals surface area contributed by atoms with Crippen molar-refractivity contribution in [1.29, 1.82) is 0 Å². The summed E-state index contributed by atoms with van der Waals surface area (Å²) in [5.74, 6) is 3.45. The first-order chi connectivity index (χ1) is 10.8. The van der Waals surface area contributed by atoms with Gasteiger partial charge in [0.25, 0.3) is 0 Å². The van der Waals surface area contributed by atoms with Gasteiger partial charge in [0.2, 0.25) is 17.6 Å². The van der Waals surface area contributed by atoms with Gasteiger partial charge in [-0.2, -0.15) is 4.98 Å². The predicted octanol–water partition coefficient (Wildman–Crippen LogP) is 4.05. The zero-order valence-electron chi connectivity index (χ0n) is 12.1. The molecular formula is C17H15N3O2. The maximum Gasteiger partial charge on any atom is 0.230 e. The molecule has 1 aliphatic rings. The summed E-state index contributed by atoms with van der Waals surface area (Å²) in [7, 11) is 0. The van der Waals surface area contributed by atoms with Gasteiger partial charge < -0.3 is 9.26 Å². The first-order valence-electron chi connectivity index (χ1n) is 7.33. The zero-order valence-corrected chi connectivity index (χ0v) is 12.1. The molecule has 0 spiro atoms. The fourth-order valence-corrected chi connectivity index (χ4v) is 2.40. The van der Waals surface area contributed by atoms with Crippen LogP contribution < -0.4 is 4.74 Å². The Balaban J connectivity index is 1.65. The minimum Gasteiger partial charge on any atom is -0.438 e. The molecule has 0 radical (unpaired) electrons. The molecule has 1 saturated carbocycles. The third-order valence-electron chi connectivity index (χ3n) is 3.84. The number of ether oxygens (including phenoxy) is 1. The second-order valence-corrected chi connectivity index (χ2v) is 5.55. The van der Waals surface area contributed by atoms with E-state index in [-0.39, 0.29) is 0 Å². The summed E-state index contributed by atoms with van der Waals surface area (Å²) in [6, 6.07) is 13.3. The average Bonchev–Trinajstić information content (AvgIpc) is 3.09. The SMILES string of the molecule is C[C@@H]1C[C@@H]1c1nc(-c2cccnc2Oc2ccccc2)no1. The number of nitrogens with zero attached hydrogens (tertiary/aromatic N) is 3. The minimum atomic E-state index is 0.399. The van der Waals surface area contributed by atoms with Gasteiger partial charge in [-0.15, -0.1) is 0 Å². The molecule has 110 valence electrons. The number of aromatic nitrogens is 3. The van der Waals surface area contributed by atoms with E-state index in [2.05, 4.69) is 22.0 Å². The van der Waals surface area contributed by atoms with Crippen molar-refractivity contribution >= 4 is 0 Å². The Morgan fingerprint density at radius 3 is 2.73 bits per heavy atom. The van der Waals surface area contributed by atoms with Crippen LogP contribution in [0, 0.1) is 5.92 Å². The van der Waals surface area contributed by atoms with E-state index < -0.39 is 0 Å². The largest absolute Gasteiger partial charge is 0.438 e. The first kappa shape index (κ1) is 13.0. The topological polar surface area (TPSA) is 61.0 Å². The Morgan fingerprint density at radius 1 is 1.14 bits per heavy atom. The monoisotopic (exact) mass is 293 g/mol. The third kappa shape index (κ3) is 2.45. The lowest BCUT2D eigenvalue weighted by molar-refractivity contribution is 0.376. The van der Waals surface area contributed by atoms with Crippen LogP contribution in [-0.4, -0.2) is 15.1 Å². The van der Waals surface area contributed by atoms with Gasteiger partial charge in [0.05, 0.1) is 5.56 Å². The number of rotatable bonds is 4. The van der Waals surface area contributed by atoms with Crippen molar-refractivity contribution in [3.05, 3.63) is 54.6 Å². The van der Waals surface area contributed by atoms with Gasteiger partial charge in [-0.25, -0.2) is 4.98 Å². The van der Waals surface area contributed by atoms with Crippen LogP contribution in [0.4, 0.5) is 0 Å². The van der Waals surface area contributed by atoms with Crippen LogP contribution in [0.1, 0.15) is 25.2 Å². The molecule has 0 unspecified atom stereocenters. The van der Waals surface area contributed by atoms with E-state index in [1.807, 2.05) is 42.5 Å². The number of hydrogen-bond donors (Lipinski definition) is 0. The molecule has 22 heavy (non-hydrogen) atoms. The van der Waals surface area contributed by atoms with Gasteiger partial charge in [-0.3, -0.25) is 0 Å². The number of pyridine rings is 1. The number of hydrogen-bond acceptors (Lipinski definition) is 5. The van der Waals surface area contributed by atoms with Gasteiger partial charge in [0.1, 0.15) is 5.75 Å².